The van der Waals surface area contributed by atoms with E-state index >= 15 is 0 Å². The van der Waals surface area contributed by atoms with Crippen LogP contribution in [0.3, 0.4) is 0 Å². The van der Waals surface area contributed by atoms with E-state index in [9.17, 15) is 4.79 Å². The van der Waals surface area contributed by atoms with Crippen LogP contribution in [0, 0.1) is 0 Å². The van der Waals surface area contributed by atoms with Gasteiger partial charge in [-0.05, 0) is 19.1 Å². The number of carboxylic acids is 1. The molecule has 0 fully saturated rings. The molecule has 0 spiro atoms. The molecular formula is C11H13NO3. The predicted molar refractivity (Wildman–Crippen MR) is 58.4 cm³/mol. The van der Waals surface area contributed by atoms with Crippen LogP contribution in [0.15, 0.2) is 30.5 Å². The fourth-order valence-corrected chi connectivity index (χ4v) is 1.09. The number of aromatic carboxylic acids is 1. The number of allylic oxidation sites excluding steroid dienone is 1. The first kappa shape index (κ1) is 11.1. The molecule has 0 aromatic heterocycles. The number of anilines is 1. The minimum absolute atomic E-state index is 0.145. The van der Waals surface area contributed by atoms with E-state index in [1.165, 1.54) is 12.3 Å². The summed E-state index contributed by atoms with van der Waals surface area (Å²) in [5, 5.41) is 11.8. The van der Waals surface area contributed by atoms with Crippen LogP contribution in [0.2, 0.25) is 0 Å². The fourth-order valence-electron chi connectivity index (χ4n) is 1.09. The molecule has 0 bridgehead atoms. The molecule has 0 saturated carbocycles. The van der Waals surface area contributed by atoms with Crippen LogP contribution in [0.25, 0.3) is 0 Å². The Bertz CT molecular complexity index is 385. The number of benzene rings is 1. The molecule has 0 heterocycles. The van der Waals surface area contributed by atoms with Crippen molar-refractivity contribution in [1.82, 2.24) is 0 Å². The normalized spacial score (nSPS) is 10.3. The van der Waals surface area contributed by atoms with Crippen LogP contribution in [0.5, 0.6) is 5.75 Å². The van der Waals surface area contributed by atoms with Gasteiger partial charge in [0.15, 0.2) is 0 Å². The maximum Gasteiger partial charge on any atom is 0.339 e. The minimum atomic E-state index is -1.00. The molecule has 0 aliphatic heterocycles. The molecular weight excluding hydrogens is 194 g/mol. The smallest absolute Gasteiger partial charge is 0.339 e. The SMILES string of the molecule is CC=COc1cc(NC)ccc1C(=O)O. The highest BCUT2D eigenvalue weighted by atomic mass is 16.5. The van der Waals surface area contributed by atoms with E-state index in [4.69, 9.17) is 9.84 Å². The zero-order chi connectivity index (χ0) is 11.3. The molecule has 4 nitrogen and oxygen atoms in total. The number of nitrogens with one attached hydrogen (secondary N) is 1. The third kappa shape index (κ3) is 2.74. The van der Waals surface area contributed by atoms with Gasteiger partial charge in [-0.25, -0.2) is 4.79 Å². The maximum absolute atomic E-state index is 10.9. The molecule has 1 aromatic carbocycles. The topological polar surface area (TPSA) is 58.6 Å². The molecule has 2 N–H and O–H groups in total. The first-order valence-corrected chi connectivity index (χ1v) is 4.52. The quantitative estimate of drug-likeness (QED) is 0.744. The Morgan fingerprint density at radius 1 is 1.53 bits per heavy atom. The average molecular weight is 207 g/mol. The number of ether oxygens (including phenoxy) is 1. The lowest BCUT2D eigenvalue weighted by Gasteiger charge is -2.07. The van der Waals surface area contributed by atoms with Gasteiger partial charge >= 0.3 is 5.97 Å². The third-order valence-electron chi connectivity index (χ3n) is 1.83. The van der Waals surface area contributed by atoms with Crippen molar-refractivity contribution in [2.24, 2.45) is 0 Å². The summed E-state index contributed by atoms with van der Waals surface area (Å²) < 4.78 is 5.19. The van der Waals surface area contributed by atoms with Crippen LogP contribution in [-0.4, -0.2) is 18.1 Å². The lowest BCUT2D eigenvalue weighted by Crippen LogP contribution is -2.00. The Hall–Kier alpha value is -1.97. The van der Waals surface area contributed by atoms with Gasteiger partial charge in [0.1, 0.15) is 11.3 Å². The molecule has 15 heavy (non-hydrogen) atoms. The van der Waals surface area contributed by atoms with Crippen LogP contribution in [0.4, 0.5) is 5.69 Å². The first-order chi connectivity index (χ1) is 7.19. The van der Waals surface area contributed by atoms with E-state index in [1.54, 1.807) is 32.2 Å². The maximum atomic E-state index is 10.9. The number of carbonyl (C=O) groups is 1. The lowest BCUT2D eigenvalue weighted by molar-refractivity contribution is 0.0694. The zero-order valence-electron chi connectivity index (χ0n) is 8.65. The number of rotatable bonds is 4. The number of carboxylic acid groups (broad SMARTS) is 1. The molecule has 0 amide bonds. The van der Waals surface area contributed by atoms with Gasteiger partial charge in [-0.15, -0.1) is 0 Å². The Morgan fingerprint density at radius 3 is 2.80 bits per heavy atom. The van der Waals surface area contributed by atoms with Crippen LogP contribution in [-0.2, 0) is 0 Å². The Balaban J connectivity index is 3.10. The van der Waals surface area contributed by atoms with Gasteiger partial charge in [0.25, 0.3) is 0 Å². The Kier molecular flexibility index (Phi) is 3.74. The largest absolute Gasteiger partial charge is 0.478 e. The van der Waals surface area contributed by atoms with Crippen molar-refractivity contribution in [1.29, 1.82) is 0 Å². The van der Waals surface area contributed by atoms with Gasteiger partial charge in [0.05, 0.1) is 6.26 Å². The van der Waals surface area contributed by atoms with Crippen molar-refractivity contribution in [2.75, 3.05) is 12.4 Å². The molecule has 1 rings (SSSR count). The lowest BCUT2D eigenvalue weighted by atomic mass is 10.2. The van der Waals surface area contributed by atoms with Gasteiger partial charge in [-0.1, -0.05) is 6.08 Å². The van der Waals surface area contributed by atoms with E-state index in [0.29, 0.717) is 5.75 Å². The highest BCUT2D eigenvalue weighted by Gasteiger charge is 2.10. The van der Waals surface area contributed by atoms with Gasteiger partial charge in [-0.3, -0.25) is 0 Å². The van der Waals surface area contributed by atoms with Crippen LogP contribution < -0.4 is 10.1 Å². The van der Waals surface area contributed by atoms with Crippen molar-refractivity contribution in [3.05, 3.63) is 36.1 Å². The highest BCUT2D eigenvalue weighted by Crippen LogP contribution is 2.23. The van der Waals surface area contributed by atoms with Crippen LogP contribution in [0.1, 0.15) is 17.3 Å². The zero-order valence-corrected chi connectivity index (χ0v) is 8.65. The second-order valence-electron chi connectivity index (χ2n) is 2.85. The van der Waals surface area contributed by atoms with Gasteiger partial charge in [0.2, 0.25) is 0 Å². The van der Waals surface area contributed by atoms with Crippen molar-refractivity contribution in [3.63, 3.8) is 0 Å². The summed E-state index contributed by atoms with van der Waals surface area (Å²) in [5.41, 5.74) is 0.951. The summed E-state index contributed by atoms with van der Waals surface area (Å²) in [6.45, 7) is 1.79. The standard InChI is InChI=1S/C11H13NO3/c1-3-6-15-10-7-8(12-2)4-5-9(10)11(13)14/h3-7,12H,1-2H3,(H,13,14). The molecule has 0 aliphatic carbocycles. The summed E-state index contributed by atoms with van der Waals surface area (Å²) in [4.78, 5) is 10.9. The molecule has 0 atom stereocenters. The number of hydrogen-bond acceptors (Lipinski definition) is 3. The summed E-state index contributed by atoms with van der Waals surface area (Å²) in [6, 6.07) is 4.84. The van der Waals surface area contributed by atoms with Crippen molar-refractivity contribution in [3.8, 4) is 5.75 Å². The van der Waals surface area contributed by atoms with E-state index in [2.05, 4.69) is 5.32 Å². The summed E-state index contributed by atoms with van der Waals surface area (Å²) in [7, 11) is 1.76. The second-order valence-corrected chi connectivity index (χ2v) is 2.85. The summed E-state index contributed by atoms with van der Waals surface area (Å²) in [6.07, 6.45) is 3.14. The first-order valence-electron chi connectivity index (χ1n) is 4.52. The molecule has 80 valence electrons. The molecule has 0 radical (unpaired) electrons. The fraction of sp³-hybridized carbons (Fsp3) is 0.182. The second kappa shape index (κ2) is 5.05. The summed E-state index contributed by atoms with van der Waals surface area (Å²) in [5.74, 6) is -0.676. The van der Waals surface area contributed by atoms with Crippen molar-refractivity contribution >= 4 is 11.7 Å². The van der Waals surface area contributed by atoms with E-state index in [1.807, 2.05) is 0 Å². The van der Waals surface area contributed by atoms with Gasteiger partial charge in [-0.2, -0.15) is 0 Å². The Labute approximate surface area is 88.2 Å². The van der Waals surface area contributed by atoms with E-state index < -0.39 is 5.97 Å². The van der Waals surface area contributed by atoms with E-state index in [0.717, 1.165) is 5.69 Å². The molecule has 0 saturated heterocycles. The molecule has 4 heteroatoms. The van der Waals surface area contributed by atoms with E-state index in [-0.39, 0.29) is 5.56 Å². The summed E-state index contributed by atoms with van der Waals surface area (Å²) >= 11 is 0. The number of hydrogen-bond donors (Lipinski definition) is 2. The van der Waals surface area contributed by atoms with Crippen molar-refractivity contribution < 1.29 is 14.6 Å². The highest BCUT2D eigenvalue weighted by molar-refractivity contribution is 5.91. The molecule has 1 aromatic rings. The van der Waals surface area contributed by atoms with Gasteiger partial charge in [0, 0.05) is 18.8 Å². The minimum Gasteiger partial charge on any atom is -0.478 e. The monoisotopic (exact) mass is 207 g/mol. The average Bonchev–Trinajstić information content (AvgIpc) is 2.25. The van der Waals surface area contributed by atoms with Crippen molar-refractivity contribution in [2.45, 2.75) is 6.92 Å². The van der Waals surface area contributed by atoms with Gasteiger partial charge < -0.3 is 15.2 Å². The molecule has 0 unspecified atom stereocenters. The third-order valence-corrected chi connectivity index (χ3v) is 1.83. The molecule has 0 aliphatic rings. The predicted octanol–water partition coefficient (Wildman–Crippen LogP) is 2.34. The van der Waals surface area contributed by atoms with Crippen LogP contribution >= 0.6 is 0 Å². The Morgan fingerprint density at radius 2 is 2.27 bits per heavy atom.